The van der Waals surface area contributed by atoms with Gasteiger partial charge in [-0.3, -0.25) is 4.79 Å². The molecule has 0 aliphatic rings. The molecule has 2 nitrogen and oxygen atoms in total. The Bertz CT molecular complexity index is 126. The largest absolute Gasteiger partial charge is 0.297 e. The van der Waals surface area contributed by atoms with Gasteiger partial charge >= 0.3 is 0 Å². The predicted octanol–water partition coefficient (Wildman–Crippen LogP) is 0.734. The lowest BCUT2D eigenvalue weighted by atomic mass is 10.3. The van der Waals surface area contributed by atoms with Crippen molar-refractivity contribution in [1.29, 1.82) is 5.26 Å². The van der Waals surface area contributed by atoms with Gasteiger partial charge < -0.3 is 0 Å². The molecule has 4 heteroatoms. The summed E-state index contributed by atoms with van der Waals surface area (Å²) in [6.45, 7) is 0. The number of hydrogen-bond acceptors (Lipinski definition) is 2. The van der Waals surface area contributed by atoms with Crippen LogP contribution in [-0.4, -0.2) is 12.2 Å². The van der Waals surface area contributed by atoms with Gasteiger partial charge in [0.2, 0.25) is 5.78 Å². The van der Waals surface area contributed by atoms with E-state index in [9.17, 15) is 13.6 Å². The fourth-order valence-corrected chi connectivity index (χ4v) is 0.155. The molecule has 0 fully saturated rings. The van der Waals surface area contributed by atoms with E-state index in [0.717, 1.165) is 0 Å². The Morgan fingerprint density at radius 1 is 1.75 bits per heavy atom. The van der Waals surface area contributed by atoms with E-state index in [1.807, 2.05) is 0 Å². The molecule has 0 aromatic rings. The Morgan fingerprint density at radius 2 is 2.25 bits per heavy atom. The summed E-state index contributed by atoms with van der Waals surface area (Å²) in [4.78, 5) is 9.77. The highest BCUT2D eigenvalue weighted by Crippen LogP contribution is 1.95. The SMILES string of the molecule is N#CCC(=O)C(F)F. The number of alkyl halides is 2. The molecule has 0 aromatic heterocycles. The van der Waals surface area contributed by atoms with Crippen LogP contribution in [0.25, 0.3) is 0 Å². The van der Waals surface area contributed by atoms with Crippen LogP contribution in [0.3, 0.4) is 0 Å². The number of nitrogens with zero attached hydrogens (tertiary/aromatic N) is 1. The standard InChI is InChI=1S/C4H3F2NO/c5-4(6)3(8)1-2-7/h4H,1H2. The Labute approximate surface area is 44.7 Å². The van der Waals surface area contributed by atoms with Crippen molar-refractivity contribution < 1.29 is 13.6 Å². The van der Waals surface area contributed by atoms with Gasteiger partial charge in [-0.05, 0) is 0 Å². The maximum absolute atomic E-state index is 11.1. The second-order valence-electron chi connectivity index (χ2n) is 1.10. The summed E-state index contributed by atoms with van der Waals surface area (Å²) in [5, 5.41) is 7.68. The third-order valence-electron chi connectivity index (χ3n) is 0.497. The highest BCUT2D eigenvalue weighted by Gasteiger charge is 2.13. The number of rotatable bonds is 2. The van der Waals surface area contributed by atoms with Crippen LogP contribution in [0.4, 0.5) is 8.78 Å². The van der Waals surface area contributed by atoms with Gasteiger partial charge in [-0.15, -0.1) is 0 Å². The Balaban J connectivity index is 3.53. The topological polar surface area (TPSA) is 40.9 Å². The van der Waals surface area contributed by atoms with Crippen molar-refractivity contribution in [3.8, 4) is 6.07 Å². The summed E-state index contributed by atoms with van der Waals surface area (Å²) >= 11 is 0. The number of Topliss-reactive ketones (excluding diaryl/α,β-unsaturated/α-hetero) is 1. The summed E-state index contributed by atoms with van der Waals surface area (Å²) in [6.07, 6.45) is -3.69. The molecule has 0 unspecified atom stereocenters. The van der Waals surface area contributed by atoms with Crippen LogP contribution in [-0.2, 0) is 4.79 Å². The Hall–Kier alpha value is -0.980. The number of carbonyl (C=O) groups is 1. The van der Waals surface area contributed by atoms with Crippen LogP contribution in [0.1, 0.15) is 6.42 Å². The molecule has 0 atom stereocenters. The molecular weight excluding hydrogens is 116 g/mol. The molecule has 0 saturated carbocycles. The number of ketones is 1. The smallest absolute Gasteiger partial charge is 0.292 e. The molecule has 0 radical (unpaired) electrons. The van der Waals surface area contributed by atoms with E-state index in [-0.39, 0.29) is 0 Å². The fraction of sp³-hybridized carbons (Fsp3) is 0.500. The van der Waals surface area contributed by atoms with Crippen molar-refractivity contribution in [2.24, 2.45) is 0 Å². The number of carbonyl (C=O) groups excluding carboxylic acids is 1. The summed E-state index contributed by atoms with van der Waals surface area (Å²) in [7, 11) is 0. The van der Waals surface area contributed by atoms with E-state index in [1.54, 1.807) is 0 Å². The number of hydrogen-bond donors (Lipinski definition) is 0. The van der Waals surface area contributed by atoms with Crippen LogP contribution >= 0.6 is 0 Å². The molecule has 0 aromatic carbocycles. The van der Waals surface area contributed by atoms with Crippen LogP contribution in [0.15, 0.2) is 0 Å². The van der Waals surface area contributed by atoms with E-state index < -0.39 is 18.6 Å². The van der Waals surface area contributed by atoms with E-state index in [0.29, 0.717) is 0 Å². The second-order valence-corrected chi connectivity index (χ2v) is 1.10. The predicted molar refractivity (Wildman–Crippen MR) is 21.2 cm³/mol. The average molecular weight is 119 g/mol. The third kappa shape index (κ3) is 2.24. The van der Waals surface area contributed by atoms with E-state index in [1.165, 1.54) is 6.07 Å². The molecule has 0 bridgehead atoms. The molecule has 0 amide bonds. The minimum Gasteiger partial charge on any atom is -0.292 e. The van der Waals surface area contributed by atoms with Gasteiger partial charge in [0.15, 0.2) is 0 Å². The summed E-state index contributed by atoms with van der Waals surface area (Å²) in [5.41, 5.74) is 0. The van der Waals surface area contributed by atoms with Gasteiger partial charge in [-0.25, -0.2) is 8.78 Å². The van der Waals surface area contributed by atoms with Gasteiger partial charge in [0.1, 0.15) is 0 Å². The van der Waals surface area contributed by atoms with Crippen LogP contribution < -0.4 is 0 Å². The highest BCUT2D eigenvalue weighted by atomic mass is 19.3. The summed E-state index contributed by atoms with van der Waals surface area (Å²) in [6, 6.07) is 1.32. The van der Waals surface area contributed by atoms with Gasteiger partial charge in [0.25, 0.3) is 6.43 Å². The quantitative estimate of drug-likeness (QED) is 0.537. The highest BCUT2D eigenvalue weighted by molar-refractivity contribution is 5.83. The zero-order valence-corrected chi connectivity index (χ0v) is 3.90. The minimum atomic E-state index is -2.99. The normalized spacial score (nSPS) is 8.75. The molecule has 0 rings (SSSR count). The minimum absolute atomic E-state index is 0.697. The molecule has 0 aliphatic carbocycles. The number of nitriles is 1. The van der Waals surface area contributed by atoms with Gasteiger partial charge in [0, 0.05) is 0 Å². The van der Waals surface area contributed by atoms with Crippen molar-refractivity contribution >= 4 is 5.78 Å². The van der Waals surface area contributed by atoms with E-state index in [4.69, 9.17) is 5.26 Å². The molecule has 8 heavy (non-hydrogen) atoms. The lowest BCUT2D eigenvalue weighted by molar-refractivity contribution is -0.128. The average Bonchev–Trinajstić information content (AvgIpc) is 1.67. The maximum atomic E-state index is 11.1. The van der Waals surface area contributed by atoms with Gasteiger partial charge in [0.05, 0.1) is 12.5 Å². The zero-order valence-electron chi connectivity index (χ0n) is 3.90. The summed E-state index contributed by atoms with van der Waals surface area (Å²) in [5.74, 6) is -1.31. The van der Waals surface area contributed by atoms with Crippen molar-refractivity contribution in [3.63, 3.8) is 0 Å². The lowest BCUT2D eigenvalue weighted by Gasteiger charge is -1.86. The molecule has 0 spiro atoms. The Morgan fingerprint density at radius 3 is 2.38 bits per heavy atom. The number of halogens is 2. The molecule has 44 valence electrons. The lowest BCUT2D eigenvalue weighted by Crippen LogP contribution is -2.07. The first-order valence-electron chi connectivity index (χ1n) is 1.86. The monoisotopic (exact) mass is 119 g/mol. The van der Waals surface area contributed by atoms with Crippen molar-refractivity contribution in [3.05, 3.63) is 0 Å². The van der Waals surface area contributed by atoms with Crippen molar-refractivity contribution in [1.82, 2.24) is 0 Å². The molecular formula is C4H3F2NO. The first kappa shape index (κ1) is 7.02. The van der Waals surface area contributed by atoms with Crippen molar-refractivity contribution in [2.75, 3.05) is 0 Å². The first-order valence-corrected chi connectivity index (χ1v) is 1.86. The van der Waals surface area contributed by atoms with E-state index in [2.05, 4.69) is 0 Å². The molecule has 0 aliphatic heterocycles. The summed E-state index contributed by atoms with van der Waals surface area (Å²) < 4.78 is 22.2. The molecule has 0 saturated heterocycles. The van der Waals surface area contributed by atoms with Crippen molar-refractivity contribution in [2.45, 2.75) is 12.8 Å². The Kier molecular flexibility index (Phi) is 2.70. The van der Waals surface area contributed by atoms with Crippen LogP contribution in [0.5, 0.6) is 0 Å². The molecule has 0 heterocycles. The van der Waals surface area contributed by atoms with Crippen LogP contribution in [0.2, 0.25) is 0 Å². The maximum Gasteiger partial charge on any atom is 0.297 e. The van der Waals surface area contributed by atoms with Gasteiger partial charge in [-0.2, -0.15) is 5.26 Å². The van der Waals surface area contributed by atoms with Crippen LogP contribution in [0, 0.1) is 11.3 Å². The fourth-order valence-electron chi connectivity index (χ4n) is 0.155. The van der Waals surface area contributed by atoms with E-state index >= 15 is 0 Å². The van der Waals surface area contributed by atoms with Gasteiger partial charge in [-0.1, -0.05) is 0 Å². The second kappa shape index (κ2) is 3.08. The third-order valence-corrected chi connectivity index (χ3v) is 0.497. The first-order chi connectivity index (χ1) is 3.68. The zero-order chi connectivity index (χ0) is 6.57. The molecule has 0 N–H and O–H groups in total.